The molecule has 0 rings (SSSR count). The van der Waals surface area contributed by atoms with Crippen molar-refractivity contribution in [2.24, 2.45) is 0 Å². The summed E-state index contributed by atoms with van der Waals surface area (Å²) in [6.45, 7) is 6.20. The number of unbranched alkanes of at least 4 members (excludes halogenated alkanes) is 11. The molecule has 0 aliphatic carbocycles. The minimum atomic E-state index is -0.818. The summed E-state index contributed by atoms with van der Waals surface area (Å²) in [5, 5.41) is 0. The first kappa shape index (κ1) is 60.5. The van der Waals surface area contributed by atoms with E-state index in [9.17, 15) is 14.4 Å². The molecule has 0 heterocycles. The minimum absolute atomic E-state index is 0.116. The third-order valence-corrected chi connectivity index (χ3v) is 10.1. The van der Waals surface area contributed by atoms with E-state index in [1.54, 1.807) is 0 Å². The van der Waals surface area contributed by atoms with Gasteiger partial charge in [-0.2, -0.15) is 0 Å². The minimum Gasteiger partial charge on any atom is -0.462 e. The van der Waals surface area contributed by atoms with E-state index in [0.29, 0.717) is 12.8 Å². The maximum atomic E-state index is 12.8. The van der Waals surface area contributed by atoms with Gasteiger partial charge in [-0.25, -0.2) is 0 Å². The normalized spacial score (nSPS) is 13.2. The van der Waals surface area contributed by atoms with Crippen molar-refractivity contribution in [2.75, 3.05) is 13.2 Å². The second-order valence-electron chi connectivity index (χ2n) is 16.3. The van der Waals surface area contributed by atoms with Crippen LogP contribution in [0, 0.1) is 0 Å². The highest BCUT2D eigenvalue weighted by molar-refractivity contribution is 5.71. The first-order valence-corrected chi connectivity index (χ1v) is 25.7. The molecule has 1 atom stereocenters. The molecule has 0 aliphatic heterocycles. The molecule has 1 unspecified atom stereocenters. The van der Waals surface area contributed by atoms with Crippen molar-refractivity contribution in [1.29, 1.82) is 0 Å². The molecule has 0 aromatic heterocycles. The Bertz CT molecular complexity index is 1450. The van der Waals surface area contributed by atoms with E-state index in [-0.39, 0.29) is 37.5 Å². The Morgan fingerprint density at radius 1 is 0.308 bits per heavy atom. The Labute approximate surface area is 398 Å². The SMILES string of the molecule is CC/C=C\C/C=C\C/C=C\C/C=C\C/C=C\CCCCCC(=O)OCC(COC(=O)CCCCC/C=C\C/C=C\C/C=C\CC)OC(=O)CCCCCCC/C=C\C/C=C\C/C=C\CC. The first-order valence-electron chi connectivity index (χ1n) is 25.7. The van der Waals surface area contributed by atoms with Gasteiger partial charge in [0.25, 0.3) is 0 Å². The second-order valence-corrected chi connectivity index (χ2v) is 16.3. The maximum absolute atomic E-state index is 12.8. The van der Waals surface area contributed by atoms with E-state index < -0.39 is 6.10 Å². The number of ether oxygens (including phenoxy) is 3. The van der Waals surface area contributed by atoms with Crippen molar-refractivity contribution in [3.8, 4) is 0 Å². The number of carbonyl (C=O) groups is 3. The molecule has 364 valence electrons. The Balaban J connectivity index is 4.53. The molecule has 0 saturated heterocycles. The van der Waals surface area contributed by atoms with Crippen molar-refractivity contribution < 1.29 is 28.6 Å². The third-order valence-electron chi connectivity index (χ3n) is 10.1. The van der Waals surface area contributed by atoms with Gasteiger partial charge in [-0.15, -0.1) is 0 Å². The molecule has 0 aromatic rings. The molecule has 0 N–H and O–H groups in total. The Morgan fingerprint density at radius 2 is 0.554 bits per heavy atom. The molecular formula is C59H92O6. The van der Waals surface area contributed by atoms with Gasteiger partial charge in [0, 0.05) is 19.3 Å². The van der Waals surface area contributed by atoms with E-state index in [1.165, 1.54) is 0 Å². The number of hydrogen-bond acceptors (Lipinski definition) is 6. The molecule has 65 heavy (non-hydrogen) atoms. The monoisotopic (exact) mass is 897 g/mol. The summed E-state index contributed by atoms with van der Waals surface area (Å²) >= 11 is 0. The Morgan fingerprint density at radius 3 is 0.877 bits per heavy atom. The van der Waals surface area contributed by atoms with Crippen LogP contribution >= 0.6 is 0 Å². The van der Waals surface area contributed by atoms with Gasteiger partial charge in [0.05, 0.1) is 0 Å². The van der Waals surface area contributed by atoms with E-state index in [4.69, 9.17) is 14.2 Å². The summed E-state index contributed by atoms with van der Waals surface area (Å²) in [5.41, 5.74) is 0. The van der Waals surface area contributed by atoms with Crippen molar-refractivity contribution in [3.05, 3.63) is 134 Å². The van der Waals surface area contributed by atoms with Crippen molar-refractivity contribution in [2.45, 2.75) is 207 Å². The summed E-state index contributed by atoms with van der Waals surface area (Å²) in [7, 11) is 0. The van der Waals surface area contributed by atoms with Crippen LogP contribution in [0.15, 0.2) is 134 Å². The molecule has 0 saturated carbocycles. The first-order chi connectivity index (χ1) is 32.0. The van der Waals surface area contributed by atoms with Crippen LogP contribution in [0.4, 0.5) is 0 Å². The lowest BCUT2D eigenvalue weighted by Crippen LogP contribution is -2.30. The van der Waals surface area contributed by atoms with Crippen LogP contribution in [0.1, 0.15) is 201 Å². The third kappa shape index (κ3) is 50.4. The summed E-state index contributed by atoms with van der Waals surface area (Å²) in [6, 6.07) is 0. The lowest BCUT2D eigenvalue weighted by molar-refractivity contribution is -0.167. The predicted molar refractivity (Wildman–Crippen MR) is 279 cm³/mol. The number of allylic oxidation sites excluding steroid dienone is 22. The highest BCUT2D eigenvalue weighted by atomic mass is 16.6. The zero-order valence-corrected chi connectivity index (χ0v) is 41.4. The fraction of sp³-hybridized carbons (Fsp3) is 0.576. The average molecular weight is 897 g/mol. The number of carbonyl (C=O) groups excluding carboxylic acids is 3. The molecule has 0 aliphatic rings. The Kier molecular flexibility index (Phi) is 48.6. The molecule has 6 heteroatoms. The van der Waals surface area contributed by atoms with E-state index in [0.717, 1.165) is 161 Å². The highest BCUT2D eigenvalue weighted by Gasteiger charge is 2.19. The zero-order valence-electron chi connectivity index (χ0n) is 41.4. The fourth-order valence-corrected chi connectivity index (χ4v) is 6.38. The van der Waals surface area contributed by atoms with Gasteiger partial charge in [0.1, 0.15) is 13.2 Å². The number of hydrogen-bond donors (Lipinski definition) is 0. The number of esters is 3. The molecule has 0 fully saturated rings. The quantitative estimate of drug-likeness (QED) is 0.0262. The zero-order chi connectivity index (χ0) is 47.2. The maximum Gasteiger partial charge on any atom is 0.306 e. The van der Waals surface area contributed by atoms with Crippen molar-refractivity contribution in [3.63, 3.8) is 0 Å². The van der Waals surface area contributed by atoms with Crippen LogP contribution < -0.4 is 0 Å². The van der Waals surface area contributed by atoms with Gasteiger partial charge in [-0.1, -0.05) is 187 Å². The summed E-state index contributed by atoms with van der Waals surface area (Å²) < 4.78 is 16.7. The topological polar surface area (TPSA) is 78.9 Å². The summed E-state index contributed by atoms with van der Waals surface area (Å²) in [6.07, 6.45) is 72.9. The van der Waals surface area contributed by atoms with Crippen LogP contribution in [0.2, 0.25) is 0 Å². The van der Waals surface area contributed by atoms with Crippen LogP contribution in [0.25, 0.3) is 0 Å². The number of rotatable bonds is 44. The van der Waals surface area contributed by atoms with E-state index in [1.807, 2.05) is 0 Å². The molecule has 0 aromatic carbocycles. The van der Waals surface area contributed by atoms with Gasteiger partial charge in [-0.3, -0.25) is 14.4 Å². The van der Waals surface area contributed by atoms with Crippen LogP contribution in [0.3, 0.4) is 0 Å². The average Bonchev–Trinajstić information content (AvgIpc) is 3.30. The van der Waals surface area contributed by atoms with Crippen LogP contribution in [0.5, 0.6) is 0 Å². The van der Waals surface area contributed by atoms with Gasteiger partial charge in [-0.05, 0) is 128 Å². The smallest absolute Gasteiger partial charge is 0.306 e. The predicted octanol–water partition coefficient (Wildman–Crippen LogP) is 17.1. The fourth-order valence-electron chi connectivity index (χ4n) is 6.38. The van der Waals surface area contributed by atoms with Crippen molar-refractivity contribution in [1.82, 2.24) is 0 Å². The van der Waals surface area contributed by atoms with Crippen LogP contribution in [-0.4, -0.2) is 37.2 Å². The lowest BCUT2D eigenvalue weighted by atomic mass is 10.1. The van der Waals surface area contributed by atoms with Crippen LogP contribution in [-0.2, 0) is 28.6 Å². The molecule has 0 bridgehead atoms. The largest absolute Gasteiger partial charge is 0.462 e. The molecule has 0 spiro atoms. The van der Waals surface area contributed by atoms with E-state index in [2.05, 4.69) is 154 Å². The highest BCUT2D eigenvalue weighted by Crippen LogP contribution is 2.12. The molecule has 0 amide bonds. The molecular weight excluding hydrogens is 805 g/mol. The van der Waals surface area contributed by atoms with Gasteiger partial charge >= 0.3 is 17.9 Å². The molecule has 6 nitrogen and oxygen atoms in total. The van der Waals surface area contributed by atoms with E-state index >= 15 is 0 Å². The summed E-state index contributed by atoms with van der Waals surface area (Å²) in [5.74, 6) is -1.00. The van der Waals surface area contributed by atoms with Gasteiger partial charge in [0.15, 0.2) is 6.10 Å². The standard InChI is InChI=1S/C59H92O6/c1-4-7-10-13-16-19-22-25-27-28-29-30-32-34-37-40-43-46-49-52-58(61)64-55-56(54-63-57(60)51-48-45-42-39-36-33-24-21-18-15-12-9-6-3)65-59(62)53-50-47-44-41-38-35-31-26-23-20-17-14-11-8-5-2/h7-12,16-21,25-27,29-31,33-34,36-37,56H,4-6,13-15,22-24,28,32,35,38-55H2,1-3H3/b10-7-,11-8-,12-9-,19-16-,20-17-,21-18-,27-25-,30-29-,31-26-,36-33-,37-34-. The van der Waals surface area contributed by atoms with Gasteiger partial charge < -0.3 is 14.2 Å². The molecule has 0 radical (unpaired) electrons. The lowest BCUT2D eigenvalue weighted by Gasteiger charge is -2.18. The van der Waals surface area contributed by atoms with Crippen molar-refractivity contribution >= 4 is 17.9 Å². The van der Waals surface area contributed by atoms with Gasteiger partial charge in [0.2, 0.25) is 0 Å². The Hall–Kier alpha value is -4.45. The second kappa shape index (κ2) is 52.2. The summed E-state index contributed by atoms with van der Waals surface area (Å²) in [4.78, 5) is 38.0.